The van der Waals surface area contributed by atoms with E-state index in [0.29, 0.717) is 22.4 Å². The molecule has 0 saturated carbocycles. The molecule has 0 saturated heterocycles. The zero-order chi connectivity index (χ0) is 23.0. The molecule has 0 aliphatic rings. The molecule has 0 radical (unpaired) electrons. The Labute approximate surface area is 188 Å². The van der Waals surface area contributed by atoms with Crippen molar-refractivity contribution in [3.8, 4) is 0 Å². The van der Waals surface area contributed by atoms with Gasteiger partial charge in [0.25, 0.3) is 5.56 Å². The van der Waals surface area contributed by atoms with E-state index in [2.05, 4.69) is 20.5 Å². The Morgan fingerprint density at radius 3 is 2.77 bits per heavy atom. The number of hydrogen-bond acceptors (Lipinski definition) is 10. The minimum absolute atomic E-state index is 0.0208. The maximum absolute atomic E-state index is 13.0. The number of hydrogen-bond donors (Lipinski definition) is 3. The normalized spacial score (nSPS) is 11.1. The lowest BCUT2D eigenvalue weighted by molar-refractivity contribution is -0.116. The van der Waals surface area contributed by atoms with Crippen molar-refractivity contribution in [2.45, 2.75) is 50.5 Å². The number of nitrogens with zero attached hydrogens (tertiary/aromatic N) is 4. The Kier molecular flexibility index (Phi) is 9.52. The molecular weight excluding hydrogens is 442 g/mol. The van der Waals surface area contributed by atoms with Crippen molar-refractivity contribution >= 4 is 45.6 Å². The molecule has 0 aromatic carbocycles. The Bertz CT molecular complexity index is 986. The second-order valence-corrected chi connectivity index (χ2v) is 9.20. The van der Waals surface area contributed by atoms with E-state index in [-0.39, 0.29) is 42.4 Å². The number of anilines is 3. The summed E-state index contributed by atoms with van der Waals surface area (Å²) < 4.78 is 7.00. The third-order valence-electron chi connectivity index (χ3n) is 4.18. The summed E-state index contributed by atoms with van der Waals surface area (Å²) in [6.07, 6.45) is 1.56. The van der Waals surface area contributed by atoms with Gasteiger partial charge in [-0.15, -0.1) is 10.2 Å². The van der Waals surface area contributed by atoms with Crippen LogP contribution >= 0.6 is 23.1 Å². The minimum atomic E-state index is -0.705. The summed E-state index contributed by atoms with van der Waals surface area (Å²) in [7, 11) is 1.50. The number of rotatable bonds is 12. The highest BCUT2D eigenvalue weighted by Gasteiger charge is 2.24. The van der Waals surface area contributed by atoms with Crippen LogP contribution in [0.3, 0.4) is 0 Å². The van der Waals surface area contributed by atoms with Crippen molar-refractivity contribution in [2.75, 3.05) is 42.0 Å². The summed E-state index contributed by atoms with van der Waals surface area (Å²) in [5.74, 6) is -0.364. The molecule has 31 heavy (non-hydrogen) atoms. The summed E-state index contributed by atoms with van der Waals surface area (Å²) in [6, 6.07) is 0.218. The van der Waals surface area contributed by atoms with Crippen LogP contribution in [0.25, 0.3) is 0 Å². The van der Waals surface area contributed by atoms with Gasteiger partial charge in [0.05, 0.1) is 12.4 Å². The second-order valence-electron chi connectivity index (χ2n) is 7.00. The van der Waals surface area contributed by atoms with E-state index >= 15 is 0 Å². The summed E-state index contributed by atoms with van der Waals surface area (Å²) in [4.78, 5) is 41.3. The molecule has 13 heteroatoms. The van der Waals surface area contributed by atoms with Gasteiger partial charge in [-0.05, 0) is 20.3 Å². The molecule has 2 aromatic heterocycles. The number of amides is 1. The third kappa shape index (κ3) is 6.80. The largest absolute Gasteiger partial charge is 0.383 e. The Hall–Kier alpha value is -2.38. The molecule has 0 aliphatic heterocycles. The highest BCUT2D eigenvalue weighted by Crippen LogP contribution is 2.27. The van der Waals surface area contributed by atoms with Crippen molar-refractivity contribution < 1.29 is 9.53 Å². The molecule has 0 bridgehead atoms. The van der Waals surface area contributed by atoms with E-state index in [1.54, 1.807) is 0 Å². The highest BCUT2D eigenvalue weighted by molar-refractivity contribution is 8.01. The maximum atomic E-state index is 13.0. The monoisotopic (exact) mass is 471 g/mol. The molecule has 0 fully saturated rings. The molecule has 0 unspecified atom stereocenters. The van der Waals surface area contributed by atoms with Gasteiger partial charge in [0.1, 0.15) is 5.82 Å². The number of aromatic amines is 1. The molecule has 4 N–H and O–H groups in total. The average Bonchev–Trinajstić information content (AvgIpc) is 3.14. The topological polar surface area (TPSA) is 148 Å². The lowest BCUT2D eigenvalue weighted by atomic mass is 10.3. The quantitative estimate of drug-likeness (QED) is 0.390. The number of thioether (sulfide) groups is 1. The van der Waals surface area contributed by atoms with Crippen LogP contribution < -0.4 is 27.2 Å². The number of nitrogens with one attached hydrogen (secondary N) is 2. The maximum Gasteiger partial charge on any atom is 0.330 e. The molecule has 1 amide bonds. The van der Waals surface area contributed by atoms with Crippen molar-refractivity contribution in [3.05, 3.63) is 20.8 Å². The smallest absolute Gasteiger partial charge is 0.330 e. The van der Waals surface area contributed by atoms with Gasteiger partial charge in [-0.3, -0.25) is 19.1 Å². The fourth-order valence-electron chi connectivity index (χ4n) is 2.69. The fourth-order valence-corrected chi connectivity index (χ4v) is 4.47. The van der Waals surface area contributed by atoms with E-state index in [1.165, 1.54) is 39.7 Å². The predicted molar refractivity (Wildman–Crippen MR) is 124 cm³/mol. The first-order valence-electron chi connectivity index (χ1n) is 9.93. The molecule has 0 aliphatic carbocycles. The van der Waals surface area contributed by atoms with Gasteiger partial charge in [0, 0.05) is 26.2 Å². The van der Waals surface area contributed by atoms with E-state index in [4.69, 9.17) is 10.5 Å². The number of aromatic nitrogens is 4. The van der Waals surface area contributed by atoms with Crippen LogP contribution in [0.1, 0.15) is 33.6 Å². The Balaban J connectivity index is 2.26. The van der Waals surface area contributed by atoms with Crippen LogP contribution in [-0.2, 0) is 16.1 Å². The van der Waals surface area contributed by atoms with Crippen molar-refractivity contribution in [1.82, 2.24) is 19.7 Å². The molecule has 2 rings (SSSR count). The van der Waals surface area contributed by atoms with Gasteiger partial charge >= 0.3 is 5.69 Å². The molecule has 2 aromatic rings. The second kappa shape index (κ2) is 11.9. The molecular formula is C18H29N7O4S2. The molecule has 0 spiro atoms. The van der Waals surface area contributed by atoms with E-state index in [9.17, 15) is 14.4 Å². The number of methoxy groups -OCH3 is 1. The van der Waals surface area contributed by atoms with Gasteiger partial charge < -0.3 is 20.7 Å². The summed E-state index contributed by atoms with van der Waals surface area (Å²) in [5, 5.41) is 11.9. The predicted octanol–water partition coefficient (Wildman–Crippen LogP) is 1.36. The Morgan fingerprint density at radius 2 is 2.13 bits per heavy atom. The molecule has 0 atom stereocenters. The van der Waals surface area contributed by atoms with Crippen LogP contribution in [0.2, 0.25) is 0 Å². The average molecular weight is 472 g/mol. The van der Waals surface area contributed by atoms with Crippen molar-refractivity contribution in [1.29, 1.82) is 0 Å². The highest BCUT2D eigenvalue weighted by atomic mass is 32.2. The number of nitrogen functional groups attached to an aromatic ring is 1. The lowest BCUT2D eigenvalue weighted by Crippen LogP contribution is -2.43. The van der Waals surface area contributed by atoms with Gasteiger partial charge in [-0.2, -0.15) is 0 Å². The lowest BCUT2D eigenvalue weighted by Gasteiger charge is -2.24. The zero-order valence-electron chi connectivity index (χ0n) is 18.1. The Morgan fingerprint density at radius 1 is 1.39 bits per heavy atom. The summed E-state index contributed by atoms with van der Waals surface area (Å²) >= 11 is 2.56. The van der Waals surface area contributed by atoms with Gasteiger partial charge in [0.15, 0.2) is 10.0 Å². The van der Waals surface area contributed by atoms with E-state index < -0.39 is 11.2 Å². The van der Waals surface area contributed by atoms with Crippen molar-refractivity contribution in [2.24, 2.45) is 0 Å². The number of carbonyl (C=O) groups is 1. The third-order valence-corrected chi connectivity index (χ3v) is 6.15. The number of ether oxygens (including phenoxy) is 1. The van der Waals surface area contributed by atoms with Crippen LogP contribution in [0.15, 0.2) is 13.9 Å². The summed E-state index contributed by atoms with van der Waals surface area (Å²) in [6.45, 7) is 6.63. The zero-order valence-corrected chi connectivity index (χ0v) is 19.8. The number of carbonyl (C=O) groups excluding carboxylic acids is 1. The van der Waals surface area contributed by atoms with Crippen LogP contribution in [0.5, 0.6) is 0 Å². The van der Waals surface area contributed by atoms with Gasteiger partial charge in [-0.1, -0.05) is 36.4 Å². The van der Waals surface area contributed by atoms with Crippen LogP contribution in [0.4, 0.5) is 16.6 Å². The van der Waals surface area contributed by atoms with E-state index in [0.717, 1.165) is 6.42 Å². The van der Waals surface area contributed by atoms with Gasteiger partial charge in [0.2, 0.25) is 11.0 Å². The fraction of sp³-hybridized carbons (Fsp3) is 0.611. The van der Waals surface area contributed by atoms with E-state index in [1.807, 2.05) is 20.8 Å². The standard InChI is InChI=1S/C18H29N7O4S2/c1-5-6-7-25-14(19)13(15(27)21-17(25)28)24(8-9-29-4)12(26)10-30-18-23-22-16(31-18)20-11(2)3/h11H,5-10,19H2,1-4H3,(H,20,22)(H,21,27,28). The van der Waals surface area contributed by atoms with Crippen LogP contribution in [-0.4, -0.2) is 57.7 Å². The molecule has 11 nitrogen and oxygen atoms in total. The number of H-pyrrole nitrogens is 1. The first kappa shape index (κ1) is 24.9. The molecule has 2 heterocycles. The van der Waals surface area contributed by atoms with Crippen LogP contribution in [0, 0.1) is 0 Å². The number of unbranched alkanes of at least 4 members (excludes halogenated alkanes) is 1. The van der Waals surface area contributed by atoms with Gasteiger partial charge in [-0.25, -0.2) is 4.79 Å². The SMILES string of the molecule is CCCCn1c(N)c(N(CCOC)C(=O)CSc2nnc(NC(C)C)s2)c(=O)[nH]c1=O. The number of nitrogens with two attached hydrogens (primary N) is 1. The summed E-state index contributed by atoms with van der Waals surface area (Å²) in [5.41, 5.74) is 4.83. The minimum Gasteiger partial charge on any atom is -0.383 e. The molecule has 172 valence electrons. The first-order valence-corrected chi connectivity index (χ1v) is 11.7. The first-order chi connectivity index (χ1) is 14.8. The van der Waals surface area contributed by atoms with Crippen molar-refractivity contribution in [3.63, 3.8) is 0 Å².